The molecule has 0 bridgehead atoms. The molecule has 6 N–H and O–H groups in total. The van der Waals surface area contributed by atoms with Crippen LogP contribution in [0.5, 0.6) is 0 Å². The van der Waals surface area contributed by atoms with Crippen LogP contribution in [0.4, 0.5) is 0 Å². The van der Waals surface area contributed by atoms with Crippen LogP contribution in [0.1, 0.15) is 96.6 Å². The summed E-state index contributed by atoms with van der Waals surface area (Å²) in [6, 6.07) is -0.665. The van der Waals surface area contributed by atoms with Crippen LogP contribution in [-0.2, 0) is 35.1 Å². The molecule has 0 aliphatic heterocycles. The van der Waals surface area contributed by atoms with Gasteiger partial charge in [0.15, 0.2) is 5.60 Å². The Kier molecular flexibility index (Phi) is 18.7. The fourth-order valence-electron chi connectivity index (χ4n) is 3.63. The lowest BCUT2D eigenvalue weighted by Gasteiger charge is -2.18. The zero-order chi connectivity index (χ0) is 29.7. The number of carboxylic acid groups (broad SMARTS) is 3. The number of H-pyrrole nitrogens is 1. The second-order valence-corrected chi connectivity index (χ2v) is 9.21. The van der Waals surface area contributed by atoms with E-state index in [1.54, 1.807) is 19.4 Å². The fraction of sp³-hybridized carbons (Fsp3) is 0.692. The summed E-state index contributed by atoms with van der Waals surface area (Å²) in [4.78, 5) is 61.6. The SMILES string of the molecule is CCCCCCCCCCCC(=O)N[C@@H](Cc1cnc[nH]1)C(=O)OCC.O=C(O)CC(O)(CC(=O)O)C(=O)O. The first kappa shape index (κ1) is 35.5. The quantitative estimate of drug-likeness (QED) is 0.101. The van der Waals surface area contributed by atoms with Crippen LogP contribution in [0.2, 0.25) is 0 Å². The van der Waals surface area contributed by atoms with Gasteiger partial charge < -0.3 is 35.5 Å². The molecule has 0 radical (unpaired) electrons. The van der Waals surface area contributed by atoms with E-state index in [9.17, 15) is 24.0 Å². The number of carboxylic acids is 3. The highest BCUT2D eigenvalue weighted by molar-refractivity contribution is 5.88. The molecule has 222 valence electrons. The molecule has 1 aromatic rings. The minimum atomic E-state index is -2.74. The molecule has 13 heteroatoms. The minimum Gasteiger partial charge on any atom is -0.481 e. The molecule has 1 rings (SSSR count). The maximum absolute atomic E-state index is 12.2. The van der Waals surface area contributed by atoms with E-state index in [1.807, 2.05) is 0 Å². The van der Waals surface area contributed by atoms with Gasteiger partial charge in [-0.3, -0.25) is 14.4 Å². The van der Waals surface area contributed by atoms with Gasteiger partial charge in [-0.1, -0.05) is 58.3 Å². The molecule has 1 heterocycles. The summed E-state index contributed by atoms with van der Waals surface area (Å²) in [6.07, 6.45) is 12.6. The molecule has 0 saturated carbocycles. The summed E-state index contributed by atoms with van der Waals surface area (Å²) in [7, 11) is 0. The predicted octanol–water partition coefficient (Wildman–Crippen LogP) is 2.67. The van der Waals surface area contributed by atoms with Crippen molar-refractivity contribution >= 4 is 29.8 Å². The average Bonchev–Trinajstić information content (AvgIpc) is 3.35. The van der Waals surface area contributed by atoms with E-state index in [1.165, 1.54) is 44.9 Å². The van der Waals surface area contributed by atoms with Crippen molar-refractivity contribution in [1.29, 1.82) is 0 Å². The van der Waals surface area contributed by atoms with E-state index < -0.39 is 48.4 Å². The molecule has 0 aliphatic carbocycles. The predicted molar refractivity (Wildman–Crippen MR) is 140 cm³/mol. The van der Waals surface area contributed by atoms with Gasteiger partial charge in [-0.25, -0.2) is 14.6 Å². The first-order chi connectivity index (χ1) is 18.4. The summed E-state index contributed by atoms with van der Waals surface area (Å²) in [5, 5.41) is 36.6. The zero-order valence-electron chi connectivity index (χ0n) is 22.8. The standard InChI is InChI=1S/C20H35N3O3.C6H8O7/c1-3-5-6-7-8-9-10-11-12-13-19(24)23-18(20(25)26-4-2)14-17-15-21-16-22-17;7-3(8)1-6(13,5(11)12)2-4(9)10/h15-16,18H,3-14H2,1-2H3,(H,21,22)(H,23,24);13H,1-2H2,(H,7,8)(H,9,10)(H,11,12)/t18-;/m0./s1. The highest BCUT2D eigenvalue weighted by Crippen LogP contribution is 2.16. The number of aliphatic carboxylic acids is 3. The van der Waals surface area contributed by atoms with Crippen molar-refractivity contribution in [2.45, 2.75) is 109 Å². The van der Waals surface area contributed by atoms with Gasteiger partial charge in [-0.2, -0.15) is 0 Å². The fourth-order valence-corrected chi connectivity index (χ4v) is 3.63. The van der Waals surface area contributed by atoms with Gasteiger partial charge in [0.2, 0.25) is 5.91 Å². The molecule has 0 spiro atoms. The number of unbranched alkanes of at least 4 members (excludes halogenated alkanes) is 8. The van der Waals surface area contributed by atoms with Crippen molar-refractivity contribution in [3.63, 3.8) is 0 Å². The molecular formula is C26H43N3O10. The lowest BCUT2D eigenvalue weighted by atomic mass is 9.96. The van der Waals surface area contributed by atoms with Crippen LogP contribution in [0.3, 0.4) is 0 Å². The average molecular weight is 558 g/mol. The van der Waals surface area contributed by atoms with E-state index in [2.05, 4.69) is 22.2 Å². The molecule has 0 fully saturated rings. The first-order valence-electron chi connectivity index (χ1n) is 13.3. The maximum Gasteiger partial charge on any atom is 0.336 e. The molecule has 1 aromatic heterocycles. The molecule has 0 unspecified atom stereocenters. The number of hydrogen-bond donors (Lipinski definition) is 6. The smallest absolute Gasteiger partial charge is 0.336 e. The zero-order valence-corrected chi connectivity index (χ0v) is 22.8. The van der Waals surface area contributed by atoms with Gasteiger partial charge in [-0.15, -0.1) is 0 Å². The highest BCUT2D eigenvalue weighted by atomic mass is 16.5. The Balaban J connectivity index is 0.000000935. The van der Waals surface area contributed by atoms with E-state index in [0.717, 1.165) is 18.5 Å². The van der Waals surface area contributed by atoms with Crippen molar-refractivity contribution in [1.82, 2.24) is 15.3 Å². The van der Waals surface area contributed by atoms with Crippen molar-refractivity contribution in [3.8, 4) is 0 Å². The molecule has 0 saturated heterocycles. The van der Waals surface area contributed by atoms with E-state index in [4.69, 9.17) is 25.2 Å². The molecule has 1 atom stereocenters. The number of rotatable bonds is 20. The van der Waals surface area contributed by atoms with Crippen LogP contribution in [-0.4, -0.2) is 78.4 Å². The van der Waals surface area contributed by atoms with E-state index in [0.29, 0.717) is 19.4 Å². The third-order valence-corrected chi connectivity index (χ3v) is 5.68. The normalized spacial score (nSPS) is 11.6. The topological polar surface area (TPSA) is 216 Å². The molecule has 1 amide bonds. The molecule has 13 nitrogen and oxygen atoms in total. The summed E-state index contributed by atoms with van der Waals surface area (Å²) >= 11 is 0. The number of nitrogens with one attached hydrogen (secondary N) is 2. The third-order valence-electron chi connectivity index (χ3n) is 5.68. The van der Waals surface area contributed by atoms with Gasteiger partial charge in [0.1, 0.15) is 6.04 Å². The number of aliphatic hydroxyl groups is 1. The Morgan fingerprint density at radius 1 is 0.923 bits per heavy atom. The van der Waals surface area contributed by atoms with Crippen molar-refractivity contribution in [3.05, 3.63) is 18.2 Å². The monoisotopic (exact) mass is 557 g/mol. The highest BCUT2D eigenvalue weighted by Gasteiger charge is 2.40. The summed E-state index contributed by atoms with van der Waals surface area (Å²) in [5.74, 6) is -5.51. The largest absolute Gasteiger partial charge is 0.481 e. The molecular weight excluding hydrogens is 514 g/mol. The molecule has 0 aromatic carbocycles. The number of aromatic nitrogens is 2. The second-order valence-electron chi connectivity index (χ2n) is 9.21. The van der Waals surface area contributed by atoms with Crippen LogP contribution in [0, 0.1) is 0 Å². The number of aromatic amines is 1. The van der Waals surface area contributed by atoms with Crippen LogP contribution in [0.25, 0.3) is 0 Å². The number of ether oxygens (including phenoxy) is 1. The molecule has 0 aliphatic rings. The van der Waals surface area contributed by atoms with Gasteiger partial charge >= 0.3 is 23.9 Å². The number of carbonyl (C=O) groups is 5. The van der Waals surface area contributed by atoms with Gasteiger partial charge in [0.25, 0.3) is 0 Å². The number of carbonyl (C=O) groups excluding carboxylic acids is 2. The van der Waals surface area contributed by atoms with Crippen LogP contribution >= 0.6 is 0 Å². The third kappa shape index (κ3) is 17.6. The lowest BCUT2D eigenvalue weighted by Crippen LogP contribution is -2.43. The van der Waals surface area contributed by atoms with Gasteiger partial charge in [0.05, 0.1) is 25.8 Å². The van der Waals surface area contributed by atoms with Gasteiger partial charge in [0, 0.05) is 24.7 Å². The Bertz CT molecular complexity index is 857. The Hall–Kier alpha value is -3.48. The lowest BCUT2D eigenvalue weighted by molar-refractivity contribution is -0.170. The maximum atomic E-state index is 12.2. The summed E-state index contributed by atoms with van der Waals surface area (Å²) in [6.45, 7) is 4.29. The first-order valence-corrected chi connectivity index (χ1v) is 13.3. The Labute approximate surface area is 228 Å². The van der Waals surface area contributed by atoms with Crippen molar-refractivity contribution in [2.24, 2.45) is 0 Å². The summed E-state index contributed by atoms with van der Waals surface area (Å²) in [5.41, 5.74) is -1.94. The van der Waals surface area contributed by atoms with Crippen LogP contribution < -0.4 is 5.32 Å². The van der Waals surface area contributed by atoms with E-state index in [-0.39, 0.29) is 5.91 Å². The number of amides is 1. The number of hydrogen-bond acceptors (Lipinski definition) is 8. The molecule has 39 heavy (non-hydrogen) atoms. The number of nitrogens with zero attached hydrogens (tertiary/aromatic N) is 1. The Morgan fingerprint density at radius 2 is 1.46 bits per heavy atom. The minimum absolute atomic E-state index is 0.0921. The van der Waals surface area contributed by atoms with Crippen molar-refractivity contribution < 1.29 is 49.1 Å². The van der Waals surface area contributed by atoms with Crippen molar-refractivity contribution in [2.75, 3.05) is 6.61 Å². The second kappa shape index (κ2) is 20.5. The van der Waals surface area contributed by atoms with E-state index >= 15 is 0 Å². The number of imidazole rings is 1. The Morgan fingerprint density at radius 3 is 1.90 bits per heavy atom. The summed E-state index contributed by atoms with van der Waals surface area (Å²) < 4.78 is 5.06. The van der Waals surface area contributed by atoms with Crippen LogP contribution in [0.15, 0.2) is 12.5 Å². The van der Waals surface area contributed by atoms with Gasteiger partial charge in [-0.05, 0) is 13.3 Å². The number of esters is 1.